The minimum Gasteiger partial charge on any atom is -0.394 e. The molecule has 6 saturated heterocycles. The molecule has 0 bridgehead atoms. The zero-order valence-corrected chi connectivity index (χ0v) is 45.2. The summed E-state index contributed by atoms with van der Waals surface area (Å²) in [5.41, 5.74) is 0.203. The Morgan fingerprint density at radius 3 is 1.94 bits per heavy atom. The standard InChI is InChI=1S/C51H82O26S/c1-20-31-27(76-51(20)13-12-48(3,77-51)19-67-44-38(60)36(58)33(55)28(16-52)71-44)15-26-24-7-6-22-14-23(8-10-49(22,4)25(24)9-11-50(26,31)5)70-47-43(75-45-39(61)35(57)32(54)21(2)69-45)41(63)42(29(17-53)72-47)74-46-40(62)37(59)34(56)30(73-46)18-68-78(64,65)66/h6,20-21,23-47,52-63H,7-19H2,1-5H3,(H,64,65,66)/t20-,21-,23-,24+,25-,26-,27-,28+,29+,30+,31-,32-,33+,34+,35+,36-,37-,38+,39+,40+,41-,42+,43+,44+,45-,46-,47+,48-,49-,50-,51-/m0/s1. The summed E-state index contributed by atoms with van der Waals surface area (Å²) in [6, 6.07) is 0. The van der Waals surface area contributed by atoms with Crippen LogP contribution in [-0.4, -0.2) is 247 Å². The third-order valence-corrected chi connectivity index (χ3v) is 20.5. The molecular formula is C51H82O26S. The Morgan fingerprint density at radius 2 is 1.26 bits per heavy atom. The molecule has 0 aromatic carbocycles. The van der Waals surface area contributed by atoms with Crippen molar-refractivity contribution in [2.45, 2.75) is 239 Å². The zero-order valence-electron chi connectivity index (χ0n) is 44.4. The number of hydrogen-bond donors (Lipinski definition) is 13. The van der Waals surface area contributed by atoms with E-state index in [0.29, 0.717) is 43.4 Å². The number of aliphatic hydroxyl groups excluding tert-OH is 12. The lowest BCUT2D eigenvalue weighted by atomic mass is 9.47. The Bertz CT molecular complexity index is 2250. The molecule has 31 atom stereocenters. The predicted molar refractivity (Wildman–Crippen MR) is 259 cm³/mol. The molecule has 3 saturated carbocycles. The fourth-order valence-corrected chi connectivity index (χ4v) is 16.1. The molecule has 78 heavy (non-hydrogen) atoms. The monoisotopic (exact) mass is 1140 g/mol. The molecular weight excluding hydrogens is 1060 g/mol. The van der Waals surface area contributed by atoms with Gasteiger partial charge in [0.1, 0.15) is 91.6 Å². The van der Waals surface area contributed by atoms with Crippen LogP contribution in [0.25, 0.3) is 0 Å². The summed E-state index contributed by atoms with van der Waals surface area (Å²) in [5.74, 6) is 0.556. The van der Waals surface area contributed by atoms with Gasteiger partial charge in [0.2, 0.25) is 0 Å². The lowest BCUT2D eigenvalue weighted by molar-refractivity contribution is -0.389. The first-order valence-corrected chi connectivity index (χ1v) is 28.9. The van der Waals surface area contributed by atoms with Crippen LogP contribution in [0.3, 0.4) is 0 Å². The molecule has 0 aromatic heterocycles. The van der Waals surface area contributed by atoms with Crippen LogP contribution in [0.15, 0.2) is 11.6 Å². The first-order chi connectivity index (χ1) is 36.7. The van der Waals surface area contributed by atoms with Gasteiger partial charge >= 0.3 is 10.4 Å². The summed E-state index contributed by atoms with van der Waals surface area (Å²) in [4.78, 5) is 0. The van der Waals surface area contributed by atoms with Gasteiger partial charge in [-0.25, -0.2) is 4.18 Å². The second kappa shape index (κ2) is 22.3. The van der Waals surface area contributed by atoms with Gasteiger partial charge in [0.25, 0.3) is 0 Å². The van der Waals surface area contributed by atoms with E-state index in [1.807, 2.05) is 6.92 Å². The highest BCUT2D eigenvalue weighted by molar-refractivity contribution is 7.80. The van der Waals surface area contributed by atoms with Gasteiger partial charge in [0.05, 0.1) is 50.3 Å². The van der Waals surface area contributed by atoms with E-state index in [1.54, 1.807) is 0 Å². The molecule has 0 unspecified atom stereocenters. The molecule has 1 spiro atoms. The summed E-state index contributed by atoms with van der Waals surface area (Å²) in [6.07, 6.45) is -23.9. The molecule has 4 aliphatic carbocycles. The van der Waals surface area contributed by atoms with Gasteiger partial charge in [-0.15, -0.1) is 0 Å². The lowest BCUT2D eigenvalue weighted by Gasteiger charge is -2.58. The summed E-state index contributed by atoms with van der Waals surface area (Å²) in [7, 11) is -5.04. The topological polar surface area (TPSA) is 399 Å². The maximum Gasteiger partial charge on any atom is 0.397 e. The van der Waals surface area contributed by atoms with E-state index in [0.717, 1.165) is 32.1 Å². The van der Waals surface area contributed by atoms with E-state index in [-0.39, 0.29) is 35.4 Å². The van der Waals surface area contributed by atoms with Crippen molar-refractivity contribution in [1.29, 1.82) is 0 Å². The molecule has 0 radical (unpaired) electrons. The highest BCUT2D eigenvalue weighted by Crippen LogP contribution is 2.71. The Labute approximate surface area is 452 Å². The molecule has 10 aliphatic rings. The molecule has 27 heteroatoms. The first-order valence-electron chi connectivity index (χ1n) is 27.6. The fourth-order valence-electron chi connectivity index (χ4n) is 15.8. The third-order valence-electron chi connectivity index (χ3n) is 20.1. The summed E-state index contributed by atoms with van der Waals surface area (Å²) in [6.45, 7) is 7.97. The van der Waals surface area contributed by atoms with Crippen molar-refractivity contribution in [3.8, 4) is 0 Å². The minimum absolute atomic E-state index is 0.0237. The largest absolute Gasteiger partial charge is 0.397 e. The third kappa shape index (κ3) is 10.6. The number of hydrogen-bond acceptors (Lipinski definition) is 25. The molecule has 448 valence electrons. The van der Waals surface area contributed by atoms with Crippen molar-refractivity contribution in [2.75, 3.05) is 26.4 Å². The number of fused-ring (bicyclic) bond motifs is 7. The van der Waals surface area contributed by atoms with Gasteiger partial charge in [-0.2, -0.15) is 8.42 Å². The van der Waals surface area contributed by atoms with Crippen molar-refractivity contribution < 1.29 is 126 Å². The molecule has 9 fully saturated rings. The average Bonchev–Trinajstić information content (AvgIpc) is 4.23. The van der Waals surface area contributed by atoms with Crippen LogP contribution in [0.5, 0.6) is 0 Å². The Kier molecular flexibility index (Phi) is 17.1. The van der Waals surface area contributed by atoms with Crippen molar-refractivity contribution in [3.05, 3.63) is 11.6 Å². The smallest absolute Gasteiger partial charge is 0.394 e. The molecule has 6 aliphatic heterocycles. The van der Waals surface area contributed by atoms with Crippen molar-refractivity contribution in [3.63, 3.8) is 0 Å². The van der Waals surface area contributed by atoms with E-state index < -0.39 is 171 Å². The molecule has 0 amide bonds. The number of ether oxygens (including phenoxy) is 10. The van der Waals surface area contributed by atoms with Gasteiger partial charge < -0.3 is 109 Å². The van der Waals surface area contributed by atoms with Crippen LogP contribution in [0.1, 0.15) is 92.4 Å². The first kappa shape index (κ1) is 59.9. The fraction of sp³-hybridized carbons (Fsp3) is 0.961. The molecule has 0 aromatic rings. The normalized spacial score (nSPS) is 55.3. The Hall–Kier alpha value is -1.27. The van der Waals surface area contributed by atoms with E-state index in [4.69, 9.17) is 51.9 Å². The second-order valence-electron chi connectivity index (χ2n) is 24.7. The predicted octanol–water partition coefficient (Wildman–Crippen LogP) is -3.02. The lowest BCUT2D eigenvalue weighted by Crippen LogP contribution is -2.67. The maximum absolute atomic E-state index is 12.1. The highest BCUT2D eigenvalue weighted by Gasteiger charge is 2.70. The van der Waals surface area contributed by atoms with E-state index in [2.05, 4.69) is 31.0 Å². The summed E-state index contributed by atoms with van der Waals surface area (Å²) >= 11 is 0. The summed E-state index contributed by atoms with van der Waals surface area (Å²) < 4.78 is 98.0. The van der Waals surface area contributed by atoms with Crippen LogP contribution in [0.2, 0.25) is 0 Å². The molecule has 10 rings (SSSR count). The van der Waals surface area contributed by atoms with Crippen molar-refractivity contribution in [2.24, 2.45) is 40.4 Å². The van der Waals surface area contributed by atoms with Gasteiger partial charge in [0.15, 0.2) is 30.9 Å². The number of aliphatic hydroxyl groups is 12. The Balaban J connectivity index is 0.812. The Morgan fingerprint density at radius 1 is 0.641 bits per heavy atom. The molecule has 26 nitrogen and oxygen atoms in total. The van der Waals surface area contributed by atoms with Crippen LogP contribution >= 0.6 is 0 Å². The zero-order chi connectivity index (χ0) is 56.3. The van der Waals surface area contributed by atoms with Crippen LogP contribution in [-0.2, 0) is 62.0 Å². The van der Waals surface area contributed by atoms with Crippen molar-refractivity contribution >= 4 is 10.4 Å². The van der Waals surface area contributed by atoms with Crippen LogP contribution in [0.4, 0.5) is 0 Å². The van der Waals surface area contributed by atoms with Crippen molar-refractivity contribution in [1.82, 2.24) is 0 Å². The van der Waals surface area contributed by atoms with E-state index in [9.17, 15) is 69.7 Å². The van der Waals surface area contributed by atoms with Gasteiger partial charge in [-0.05, 0) is 99.7 Å². The van der Waals surface area contributed by atoms with Gasteiger partial charge in [0, 0.05) is 12.3 Å². The van der Waals surface area contributed by atoms with Crippen LogP contribution < -0.4 is 0 Å². The van der Waals surface area contributed by atoms with E-state index >= 15 is 0 Å². The quantitative estimate of drug-likeness (QED) is 0.0608. The number of allylic oxidation sites excluding steroid dienone is 1. The van der Waals surface area contributed by atoms with E-state index in [1.165, 1.54) is 12.5 Å². The highest BCUT2D eigenvalue weighted by atomic mass is 32.3. The SMILES string of the molecule is C[C@@H]1O[C@@H](O[C@H]2[C@H](O[C@H]3CC[C@@]4(C)C(=CC[C@H]5[C@@H]6C[C@@H]7O[C@]8(CC[C@@](C)(CO[C@@H]9O[C@H](CO)[C@@H](O)[C@H](O)[C@H]9O)O8)[C@@H](C)[C@@H]7[C@@]6(C)CC[C@@H]54)C3)O[C@H](CO)[C@@H](O[C@@H]3O[C@H](COS(=O)(=O)O)[C@@H](O)[C@H](O)[C@H]3O)[C@@H]2O)[C@H](O)[C@H](O)[C@H]1O. The molecule has 6 heterocycles. The maximum atomic E-state index is 12.1. The van der Waals surface area contributed by atoms with Gasteiger partial charge in [-0.3, -0.25) is 4.55 Å². The van der Waals surface area contributed by atoms with Gasteiger partial charge in [-0.1, -0.05) is 32.4 Å². The average molecular weight is 1140 g/mol. The molecule has 13 N–H and O–H groups in total. The summed E-state index contributed by atoms with van der Waals surface area (Å²) in [5, 5.41) is 128. The minimum atomic E-state index is -5.04. The number of rotatable bonds is 14. The van der Waals surface area contributed by atoms with Crippen LogP contribution in [0, 0.1) is 40.4 Å². The second-order valence-corrected chi connectivity index (χ2v) is 25.8.